The molecule has 0 aromatic heterocycles. The Hall–Kier alpha value is -0.670. The van der Waals surface area contributed by atoms with Gasteiger partial charge in [0.25, 0.3) is 0 Å². The fraction of sp³-hybridized carbons (Fsp3) is 0.875. The van der Waals surface area contributed by atoms with E-state index in [9.17, 15) is 13.6 Å². The van der Waals surface area contributed by atoms with Crippen LogP contribution < -0.4 is 0 Å². The summed E-state index contributed by atoms with van der Waals surface area (Å²) >= 11 is 0. The number of hydrogen-bond acceptors (Lipinski definition) is 2. The van der Waals surface area contributed by atoms with Crippen molar-refractivity contribution in [1.82, 2.24) is 0 Å². The van der Waals surface area contributed by atoms with Crippen molar-refractivity contribution in [3.05, 3.63) is 0 Å². The molecule has 1 fully saturated rings. The van der Waals surface area contributed by atoms with Gasteiger partial charge in [-0.25, -0.2) is 4.79 Å². The number of alkyl halides is 2. The summed E-state index contributed by atoms with van der Waals surface area (Å²) in [6.07, 6.45) is -0.860. The van der Waals surface area contributed by atoms with Crippen LogP contribution in [0.5, 0.6) is 0 Å². The summed E-state index contributed by atoms with van der Waals surface area (Å²) in [6.45, 7) is 2.02. The molecule has 0 bridgehead atoms. The minimum atomic E-state index is -2.99. The molecular weight excluding hydrogens is 166 g/mol. The second-order valence-electron chi connectivity index (χ2n) is 3.28. The van der Waals surface area contributed by atoms with Crippen LogP contribution in [0.3, 0.4) is 0 Å². The first-order valence-corrected chi connectivity index (χ1v) is 4.08. The van der Waals surface area contributed by atoms with Crippen molar-refractivity contribution in [2.75, 3.05) is 0 Å². The first-order chi connectivity index (χ1) is 5.59. The Morgan fingerprint density at radius 2 is 2.17 bits per heavy atom. The molecule has 2 unspecified atom stereocenters. The van der Waals surface area contributed by atoms with E-state index in [2.05, 4.69) is 4.74 Å². The molecule has 0 heterocycles. The van der Waals surface area contributed by atoms with Crippen LogP contribution in [0.4, 0.5) is 8.78 Å². The number of hydrogen-bond donors (Lipinski definition) is 0. The SMILES string of the molecule is CC1CCC(OC(=O)C(F)F)C1. The quantitative estimate of drug-likeness (QED) is 0.604. The maximum absolute atomic E-state index is 11.7. The Kier molecular flexibility index (Phi) is 3.00. The average molecular weight is 178 g/mol. The standard InChI is InChI=1S/C8H12F2O2/c1-5-2-3-6(4-5)12-8(11)7(9)10/h5-7H,2-4H2,1H3. The third-order valence-electron chi connectivity index (χ3n) is 2.11. The summed E-state index contributed by atoms with van der Waals surface area (Å²) in [5.41, 5.74) is 0. The normalized spacial score (nSPS) is 29.3. The molecule has 12 heavy (non-hydrogen) atoms. The minimum absolute atomic E-state index is 0.276. The highest BCUT2D eigenvalue weighted by Gasteiger charge is 2.27. The minimum Gasteiger partial charge on any atom is -0.458 e. The van der Waals surface area contributed by atoms with Gasteiger partial charge in [-0.05, 0) is 25.2 Å². The van der Waals surface area contributed by atoms with E-state index in [1.54, 1.807) is 0 Å². The van der Waals surface area contributed by atoms with Gasteiger partial charge in [-0.1, -0.05) is 6.92 Å². The molecule has 2 nitrogen and oxygen atoms in total. The van der Waals surface area contributed by atoms with Gasteiger partial charge in [0.2, 0.25) is 0 Å². The summed E-state index contributed by atoms with van der Waals surface area (Å²) in [5.74, 6) is -0.894. The Morgan fingerprint density at radius 3 is 2.58 bits per heavy atom. The van der Waals surface area contributed by atoms with Crippen LogP contribution >= 0.6 is 0 Å². The topological polar surface area (TPSA) is 26.3 Å². The Bertz CT molecular complexity index is 170. The third-order valence-corrected chi connectivity index (χ3v) is 2.11. The number of rotatable bonds is 2. The fourth-order valence-corrected chi connectivity index (χ4v) is 1.48. The maximum atomic E-state index is 11.7. The van der Waals surface area contributed by atoms with Gasteiger partial charge in [-0.2, -0.15) is 8.78 Å². The molecule has 0 saturated heterocycles. The summed E-state index contributed by atoms with van der Waals surface area (Å²) in [6, 6.07) is 0. The fourth-order valence-electron chi connectivity index (χ4n) is 1.48. The second kappa shape index (κ2) is 3.83. The van der Waals surface area contributed by atoms with E-state index in [0.29, 0.717) is 5.92 Å². The zero-order valence-corrected chi connectivity index (χ0v) is 6.93. The van der Waals surface area contributed by atoms with Gasteiger partial charge in [0, 0.05) is 0 Å². The highest BCUT2D eigenvalue weighted by atomic mass is 19.3. The van der Waals surface area contributed by atoms with Crippen molar-refractivity contribution in [2.45, 2.75) is 38.7 Å². The molecule has 0 spiro atoms. The number of esters is 1. The second-order valence-corrected chi connectivity index (χ2v) is 3.28. The first kappa shape index (κ1) is 9.42. The highest BCUT2D eigenvalue weighted by Crippen LogP contribution is 2.27. The van der Waals surface area contributed by atoms with E-state index in [1.165, 1.54) is 0 Å². The van der Waals surface area contributed by atoms with Crippen LogP contribution in [0, 0.1) is 5.92 Å². The lowest BCUT2D eigenvalue weighted by molar-refractivity contribution is -0.161. The lowest BCUT2D eigenvalue weighted by atomic mass is 10.1. The Labute approximate surface area is 69.9 Å². The van der Waals surface area contributed by atoms with Crippen LogP contribution in [-0.4, -0.2) is 18.5 Å². The maximum Gasteiger partial charge on any atom is 0.374 e. The highest BCUT2D eigenvalue weighted by molar-refractivity contribution is 5.72. The van der Waals surface area contributed by atoms with E-state index in [4.69, 9.17) is 0 Å². The van der Waals surface area contributed by atoms with Crippen LogP contribution in [0.15, 0.2) is 0 Å². The molecule has 1 aliphatic carbocycles. The van der Waals surface area contributed by atoms with E-state index < -0.39 is 12.4 Å². The van der Waals surface area contributed by atoms with E-state index in [-0.39, 0.29) is 6.10 Å². The van der Waals surface area contributed by atoms with Crippen molar-refractivity contribution in [1.29, 1.82) is 0 Å². The molecular formula is C8H12F2O2. The zero-order valence-electron chi connectivity index (χ0n) is 6.93. The van der Waals surface area contributed by atoms with Crippen molar-refractivity contribution >= 4 is 5.97 Å². The summed E-state index contributed by atoms with van der Waals surface area (Å²) in [4.78, 5) is 10.4. The summed E-state index contributed by atoms with van der Waals surface area (Å²) in [5, 5.41) is 0. The van der Waals surface area contributed by atoms with Crippen LogP contribution in [0.25, 0.3) is 0 Å². The molecule has 1 aliphatic rings. The molecule has 1 rings (SSSR count). The van der Waals surface area contributed by atoms with Gasteiger partial charge in [0.05, 0.1) is 0 Å². The molecule has 0 amide bonds. The molecule has 2 atom stereocenters. The number of carbonyl (C=O) groups is 1. The molecule has 0 radical (unpaired) electrons. The summed E-state index contributed by atoms with van der Waals surface area (Å²) in [7, 11) is 0. The predicted octanol–water partition coefficient (Wildman–Crippen LogP) is 1.98. The van der Waals surface area contributed by atoms with E-state index in [0.717, 1.165) is 19.3 Å². The molecule has 0 aromatic carbocycles. The Balaban J connectivity index is 2.28. The average Bonchev–Trinajstić information content (AvgIpc) is 2.35. The summed E-state index contributed by atoms with van der Waals surface area (Å²) < 4.78 is 28.0. The van der Waals surface area contributed by atoms with Gasteiger partial charge in [0.15, 0.2) is 0 Å². The van der Waals surface area contributed by atoms with Gasteiger partial charge >= 0.3 is 12.4 Å². The van der Waals surface area contributed by atoms with Crippen LogP contribution in [-0.2, 0) is 9.53 Å². The zero-order chi connectivity index (χ0) is 9.14. The molecule has 4 heteroatoms. The van der Waals surface area contributed by atoms with Crippen LogP contribution in [0.2, 0.25) is 0 Å². The predicted molar refractivity (Wildman–Crippen MR) is 38.9 cm³/mol. The van der Waals surface area contributed by atoms with Crippen molar-refractivity contribution in [3.8, 4) is 0 Å². The van der Waals surface area contributed by atoms with Crippen molar-refractivity contribution in [3.63, 3.8) is 0 Å². The number of carbonyl (C=O) groups excluding carboxylic acids is 1. The van der Waals surface area contributed by atoms with E-state index in [1.807, 2.05) is 6.92 Å². The van der Waals surface area contributed by atoms with Crippen LogP contribution in [0.1, 0.15) is 26.2 Å². The number of halogens is 2. The monoisotopic (exact) mass is 178 g/mol. The third kappa shape index (κ3) is 2.43. The Morgan fingerprint density at radius 1 is 1.50 bits per heavy atom. The molecule has 0 aliphatic heterocycles. The van der Waals surface area contributed by atoms with Crippen molar-refractivity contribution < 1.29 is 18.3 Å². The molecule has 0 N–H and O–H groups in total. The van der Waals surface area contributed by atoms with Gasteiger partial charge in [-0.15, -0.1) is 0 Å². The van der Waals surface area contributed by atoms with E-state index >= 15 is 0 Å². The lowest BCUT2D eigenvalue weighted by Crippen LogP contribution is -2.20. The number of ether oxygens (including phenoxy) is 1. The first-order valence-electron chi connectivity index (χ1n) is 4.08. The molecule has 1 saturated carbocycles. The molecule has 70 valence electrons. The van der Waals surface area contributed by atoms with Gasteiger partial charge < -0.3 is 4.74 Å². The van der Waals surface area contributed by atoms with Gasteiger partial charge in [-0.3, -0.25) is 0 Å². The van der Waals surface area contributed by atoms with Crippen molar-refractivity contribution in [2.24, 2.45) is 5.92 Å². The molecule has 0 aromatic rings. The largest absolute Gasteiger partial charge is 0.458 e. The van der Waals surface area contributed by atoms with Gasteiger partial charge in [0.1, 0.15) is 6.10 Å². The lowest BCUT2D eigenvalue weighted by Gasteiger charge is -2.10. The smallest absolute Gasteiger partial charge is 0.374 e.